The van der Waals surface area contributed by atoms with Crippen LogP contribution in [0.5, 0.6) is 11.5 Å². The summed E-state index contributed by atoms with van der Waals surface area (Å²) in [5, 5.41) is 10.7. The number of fused-ring (bicyclic) bond motifs is 2. The molecule has 4 aromatic rings. The molecule has 11 heteroatoms. The highest BCUT2D eigenvalue weighted by Gasteiger charge is 2.36. The van der Waals surface area contributed by atoms with Crippen LogP contribution in [-0.2, 0) is 4.79 Å². The van der Waals surface area contributed by atoms with Crippen molar-refractivity contribution in [1.82, 2.24) is 19.4 Å². The van der Waals surface area contributed by atoms with E-state index in [9.17, 15) is 14.7 Å². The quantitative estimate of drug-likeness (QED) is 0.358. The summed E-state index contributed by atoms with van der Waals surface area (Å²) in [7, 11) is 0. The number of halogens is 2. The van der Waals surface area contributed by atoms with E-state index in [-0.39, 0.29) is 47.1 Å². The molecule has 1 saturated heterocycles. The molecular weight excluding hydrogens is 544 g/mol. The van der Waals surface area contributed by atoms with Gasteiger partial charge in [-0.15, -0.1) is 0 Å². The lowest BCUT2D eigenvalue weighted by Crippen LogP contribution is -2.56. The summed E-state index contributed by atoms with van der Waals surface area (Å²) in [6.07, 6.45) is 1.65. The number of benzene rings is 2. The van der Waals surface area contributed by atoms with Gasteiger partial charge in [0.1, 0.15) is 28.5 Å². The molecule has 2 aromatic carbocycles. The molecule has 1 atom stereocenters. The second kappa shape index (κ2) is 10.6. The first-order chi connectivity index (χ1) is 20.2. The third-order valence-corrected chi connectivity index (χ3v) is 7.87. The van der Waals surface area contributed by atoms with E-state index >= 15 is 8.78 Å². The maximum Gasteiger partial charge on any atom is 0.355 e. The number of aromatic hydroxyl groups is 1. The lowest BCUT2D eigenvalue weighted by atomic mass is 10.0. The van der Waals surface area contributed by atoms with Crippen molar-refractivity contribution in [3.63, 3.8) is 0 Å². The number of pyridine rings is 1. The van der Waals surface area contributed by atoms with Crippen LogP contribution in [-0.4, -0.2) is 62.7 Å². The van der Waals surface area contributed by atoms with E-state index in [1.165, 1.54) is 22.8 Å². The molecule has 0 aliphatic carbocycles. The van der Waals surface area contributed by atoms with E-state index in [2.05, 4.69) is 16.5 Å². The van der Waals surface area contributed by atoms with E-state index in [0.29, 0.717) is 31.7 Å². The first kappa shape index (κ1) is 27.4. The summed E-state index contributed by atoms with van der Waals surface area (Å²) in [5.41, 5.74) is -0.270. The van der Waals surface area contributed by atoms with Gasteiger partial charge in [-0.3, -0.25) is 4.79 Å². The number of phenols is 1. The zero-order chi connectivity index (χ0) is 29.7. The van der Waals surface area contributed by atoms with Gasteiger partial charge < -0.3 is 19.6 Å². The van der Waals surface area contributed by atoms with Gasteiger partial charge in [0, 0.05) is 26.1 Å². The Bertz CT molecular complexity index is 1780. The minimum atomic E-state index is -0.979. The van der Waals surface area contributed by atoms with Crippen LogP contribution >= 0.6 is 0 Å². The molecule has 1 amide bonds. The standard InChI is InChI=1S/C31H29F2N5O4/c1-4-23(40)36-13-14-37-18(16-36)12-15-42-28-25-29(37)35-31(41)38(21-10-6-5-8-19(21)17(2)3)30(25)34-27(26(28)33)24-20(32)9-7-11-22(24)39/h4-11,17-18,39H,1,12-16H2,2-3H3. The number of aromatic nitrogens is 3. The second-order valence-corrected chi connectivity index (χ2v) is 10.7. The van der Waals surface area contributed by atoms with Crippen molar-refractivity contribution in [3.05, 3.63) is 82.8 Å². The fourth-order valence-corrected chi connectivity index (χ4v) is 5.84. The van der Waals surface area contributed by atoms with E-state index in [1.54, 1.807) is 17.0 Å². The van der Waals surface area contributed by atoms with Gasteiger partial charge in [-0.2, -0.15) is 4.98 Å². The predicted octanol–water partition coefficient (Wildman–Crippen LogP) is 4.54. The Morgan fingerprint density at radius 1 is 1.14 bits per heavy atom. The lowest BCUT2D eigenvalue weighted by Gasteiger charge is -2.43. The van der Waals surface area contributed by atoms with Gasteiger partial charge in [0.15, 0.2) is 17.2 Å². The van der Waals surface area contributed by atoms with Crippen molar-refractivity contribution >= 4 is 22.8 Å². The molecule has 4 heterocycles. The summed E-state index contributed by atoms with van der Waals surface area (Å²) in [6, 6.07) is 10.6. The highest BCUT2D eigenvalue weighted by Crippen LogP contribution is 2.43. The van der Waals surface area contributed by atoms with Crippen LogP contribution in [0.2, 0.25) is 0 Å². The molecule has 6 rings (SSSR count). The van der Waals surface area contributed by atoms with Crippen LogP contribution in [0.4, 0.5) is 14.6 Å². The van der Waals surface area contributed by atoms with Gasteiger partial charge in [-0.25, -0.2) is 23.1 Å². The number of rotatable bonds is 4. The molecule has 1 unspecified atom stereocenters. The number of hydrogen-bond donors (Lipinski definition) is 1. The summed E-state index contributed by atoms with van der Waals surface area (Å²) in [5.74, 6) is -2.63. The Labute approximate surface area is 240 Å². The molecule has 0 saturated carbocycles. The summed E-state index contributed by atoms with van der Waals surface area (Å²) >= 11 is 0. The van der Waals surface area contributed by atoms with E-state index in [0.717, 1.165) is 11.6 Å². The highest BCUT2D eigenvalue weighted by atomic mass is 19.1. The van der Waals surface area contributed by atoms with Crippen LogP contribution in [0.1, 0.15) is 31.7 Å². The first-order valence-electron chi connectivity index (χ1n) is 13.8. The monoisotopic (exact) mass is 573 g/mol. The van der Waals surface area contributed by atoms with Gasteiger partial charge in [0.25, 0.3) is 0 Å². The third-order valence-electron chi connectivity index (χ3n) is 7.87. The van der Waals surface area contributed by atoms with E-state index < -0.39 is 34.3 Å². The van der Waals surface area contributed by atoms with Gasteiger partial charge in [0.05, 0.1) is 23.9 Å². The Morgan fingerprint density at radius 2 is 1.93 bits per heavy atom. The number of amides is 1. The fraction of sp³-hybridized carbons (Fsp3) is 0.290. The Hall–Kier alpha value is -4.80. The molecule has 1 N–H and O–H groups in total. The molecule has 2 aromatic heterocycles. The smallest absolute Gasteiger partial charge is 0.355 e. The lowest BCUT2D eigenvalue weighted by molar-refractivity contribution is -0.126. The SMILES string of the molecule is C=CC(=O)N1CCN2c3nc(=O)n(-c4ccccc4C(C)C)c4nc(-c5c(O)cccc5F)c(F)c(c34)OCCC2C1. The summed E-state index contributed by atoms with van der Waals surface area (Å²) < 4.78 is 38.8. The van der Waals surface area contributed by atoms with Gasteiger partial charge in [0.2, 0.25) is 5.91 Å². The van der Waals surface area contributed by atoms with Crippen molar-refractivity contribution in [3.8, 4) is 28.4 Å². The molecule has 216 valence electrons. The summed E-state index contributed by atoms with van der Waals surface area (Å²) in [6.45, 7) is 8.61. The van der Waals surface area contributed by atoms with Crippen molar-refractivity contribution in [2.24, 2.45) is 0 Å². The number of para-hydroxylation sites is 1. The van der Waals surface area contributed by atoms with Crippen LogP contribution < -0.4 is 15.3 Å². The molecule has 2 aliphatic rings. The topological polar surface area (TPSA) is 101 Å². The van der Waals surface area contributed by atoms with Gasteiger partial charge in [-0.1, -0.05) is 44.7 Å². The molecule has 9 nitrogen and oxygen atoms in total. The molecule has 2 aliphatic heterocycles. The molecular formula is C31H29F2N5O4. The fourth-order valence-electron chi connectivity index (χ4n) is 5.84. The van der Waals surface area contributed by atoms with Crippen molar-refractivity contribution in [1.29, 1.82) is 0 Å². The normalized spacial score (nSPS) is 16.5. The number of phenolic OH excluding ortho intramolecular Hbond substituents is 1. The zero-order valence-corrected chi connectivity index (χ0v) is 23.2. The number of hydrogen-bond acceptors (Lipinski definition) is 7. The number of nitrogens with zero attached hydrogens (tertiary/aromatic N) is 5. The molecule has 1 fully saturated rings. The zero-order valence-electron chi connectivity index (χ0n) is 23.2. The molecule has 0 bridgehead atoms. The summed E-state index contributed by atoms with van der Waals surface area (Å²) in [4.78, 5) is 38.9. The van der Waals surface area contributed by atoms with Gasteiger partial charge in [-0.05, 0) is 35.8 Å². The molecule has 42 heavy (non-hydrogen) atoms. The minimum absolute atomic E-state index is 0.00724. The van der Waals surface area contributed by atoms with Crippen molar-refractivity contribution in [2.45, 2.75) is 32.2 Å². The number of piperazine rings is 1. The maximum atomic E-state index is 16.4. The minimum Gasteiger partial charge on any atom is -0.507 e. The number of anilines is 1. The third kappa shape index (κ3) is 4.36. The Kier molecular flexibility index (Phi) is 6.88. The van der Waals surface area contributed by atoms with Crippen LogP contribution in [0.15, 0.2) is 59.9 Å². The first-order valence-corrected chi connectivity index (χ1v) is 13.8. The Balaban J connectivity index is 1.70. The van der Waals surface area contributed by atoms with Crippen molar-refractivity contribution in [2.75, 3.05) is 31.1 Å². The number of ether oxygens (including phenoxy) is 1. The van der Waals surface area contributed by atoms with Crippen LogP contribution in [0, 0.1) is 11.6 Å². The van der Waals surface area contributed by atoms with Crippen LogP contribution in [0.25, 0.3) is 28.0 Å². The Morgan fingerprint density at radius 3 is 2.67 bits per heavy atom. The average Bonchev–Trinajstić information content (AvgIpc) is 2.96. The number of carbonyl (C=O) groups excluding carboxylic acids is 1. The number of carbonyl (C=O) groups is 1. The second-order valence-electron chi connectivity index (χ2n) is 10.7. The molecule has 0 spiro atoms. The van der Waals surface area contributed by atoms with E-state index in [1.807, 2.05) is 30.9 Å². The predicted molar refractivity (Wildman–Crippen MR) is 154 cm³/mol. The largest absolute Gasteiger partial charge is 0.507 e. The van der Waals surface area contributed by atoms with E-state index in [4.69, 9.17) is 4.74 Å². The highest BCUT2D eigenvalue weighted by molar-refractivity contribution is 5.97. The molecule has 0 radical (unpaired) electrons. The van der Waals surface area contributed by atoms with Gasteiger partial charge >= 0.3 is 5.69 Å². The average molecular weight is 574 g/mol. The van der Waals surface area contributed by atoms with Crippen molar-refractivity contribution < 1.29 is 23.4 Å². The van der Waals surface area contributed by atoms with Crippen LogP contribution in [0.3, 0.4) is 0 Å². The maximum absolute atomic E-state index is 16.4.